The Kier molecular flexibility index (Phi) is 4.63. The van der Waals surface area contributed by atoms with Crippen LogP contribution in [0.3, 0.4) is 0 Å². The molecule has 7 nitrogen and oxygen atoms in total. The van der Waals surface area contributed by atoms with E-state index in [1.165, 1.54) is 5.56 Å². The van der Waals surface area contributed by atoms with Crippen LogP contribution in [-0.2, 0) is 13.0 Å². The summed E-state index contributed by atoms with van der Waals surface area (Å²) in [4.78, 5) is 6.84. The third-order valence-corrected chi connectivity index (χ3v) is 5.42. The molecule has 1 aliphatic heterocycles. The predicted molar refractivity (Wildman–Crippen MR) is 115 cm³/mol. The van der Waals surface area contributed by atoms with Gasteiger partial charge in [-0.3, -0.25) is 0 Å². The molecule has 0 aliphatic carbocycles. The van der Waals surface area contributed by atoms with E-state index in [-0.39, 0.29) is 0 Å². The van der Waals surface area contributed by atoms with Crippen molar-refractivity contribution < 1.29 is 4.74 Å². The van der Waals surface area contributed by atoms with E-state index in [0.717, 1.165) is 52.5 Å². The Hall–Kier alpha value is -3.74. The first-order valence-electron chi connectivity index (χ1n) is 9.95. The summed E-state index contributed by atoms with van der Waals surface area (Å²) in [6.45, 7) is 3.51. The van der Waals surface area contributed by atoms with Crippen LogP contribution in [0, 0.1) is 6.92 Å². The monoisotopic (exact) mass is 398 g/mol. The number of rotatable bonds is 5. The van der Waals surface area contributed by atoms with Crippen molar-refractivity contribution >= 4 is 5.82 Å². The molecule has 1 N–H and O–H groups in total. The highest BCUT2D eigenvalue weighted by molar-refractivity contribution is 5.80. The molecular weight excluding hydrogens is 376 g/mol. The minimum Gasteiger partial charge on any atom is -0.488 e. The van der Waals surface area contributed by atoms with Crippen LogP contribution in [0.2, 0.25) is 0 Å². The lowest BCUT2D eigenvalue weighted by Gasteiger charge is -2.14. The summed E-state index contributed by atoms with van der Waals surface area (Å²) >= 11 is 0. The topological polar surface area (TPSA) is 79.8 Å². The zero-order chi connectivity index (χ0) is 20.5. The Morgan fingerprint density at radius 2 is 1.87 bits per heavy atom. The molecule has 7 heteroatoms. The van der Waals surface area contributed by atoms with Gasteiger partial charge in [0.2, 0.25) is 5.82 Å². The van der Waals surface area contributed by atoms with Crippen LogP contribution in [0.25, 0.3) is 22.5 Å². The van der Waals surface area contributed by atoms with Crippen LogP contribution >= 0.6 is 0 Å². The van der Waals surface area contributed by atoms with Gasteiger partial charge in [0, 0.05) is 36.5 Å². The van der Waals surface area contributed by atoms with E-state index in [9.17, 15) is 0 Å². The Morgan fingerprint density at radius 1 is 1.07 bits per heavy atom. The number of pyridine rings is 1. The maximum Gasteiger partial charge on any atom is 0.205 e. The second-order valence-electron chi connectivity index (χ2n) is 7.50. The molecule has 0 fully saturated rings. The number of hydrogen-bond donors (Lipinski definition) is 1. The number of anilines is 1. The molecule has 0 saturated carbocycles. The van der Waals surface area contributed by atoms with E-state index in [2.05, 4.69) is 67.9 Å². The number of benzene rings is 2. The van der Waals surface area contributed by atoms with Crippen molar-refractivity contribution in [3.05, 3.63) is 71.4 Å². The molecule has 2 aromatic carbocycles. The second-order valence-corrected chi connectivity index (χ2v) is 7.50. The van der Waals surface area contributed by atoms with Crippen molar-refractivity contribution in [1.82, 2.24) is 25.6 Å². The van der Waals surface area contributed by atoms with Gasteiger partial charge in [-0.2, -0.15) is 5.21 Å². The normalized spacial score (nSPS) is 12.8. The largest absolute Gasteiger partial charge is 0.488 e. The summed E-state index contributed by atoms with van der Waals surface area (Å²) in [6, 6.07) is 18.5. The van der Waals surface area contributed by atoms with Gasteiger partial charge in [-0.25, -0.2) is 4.98 Å². The average Bonchev–Trinajstić information content (AvgIpc) is 3.43. The summed E-state index contributed by atoms with van der Waals surface area (Å²) in [6.07, 6.45) is 0.972. The Balaban J connectivity index is 1.36. The second kappa shape index (κ2) is 7.59. The molecule has 1 aliphatic rings. The standard InChI is InChI=1S/C23H22N6O/c1-15-13-21(20-11-12-29(2)23(20)24-15)30-14-16-7-9-17(10-8-16)18-5-3-4-6-19(18)22-25-27-28-26-22/h3-10,13H,11-12,14H2,1-2H3,(H,25,26,27,28). The van der Waals surface area contributed by atoms with Crippen molar-refractivity contribution in [3.63, 3.8) is 0 Å². The number of nitrogens with zero attached hydrogens (tertiary/aromatic N) is 5. The third kappa shape index (κ3) is 3.39. The lowest BCUT2D eigenvalue weighted by molar-refractivity contribution is 0.303. The number of nitrogens with one attached hydrogen (secondary N) is 1. The number of fused-ring (bicyclic) bond motifs is 1. The van der Waals surface area contributed by atoms with Gasteiger partial charge in [0.25, 0.3) is 0 Å². The SMILES string of the molecule is Cc1cc(OCc2ccc(-c3ccccc3-c3nn[nH]n3)cc2)c2c(n1)N(C)CC2. The number of ether oxygens (including phenoxy) is 1. The third-order valence-electron chi connectivity index (χ3n) is 5.42. The Bertz CT molecular complexity index is 1170. The van der Waals surface area contributed by atoms with Crippen molar-refractivity contribution in [2.24, 2.45) is 0 Å². The molecule has 0 unspecified atom stereocenters. The molecule has 0 bridgehead atoms. The molecular formula is C23H22N6O. The smallest absolute Gasteiger partial charge is 0.205 e. The predicted octanol–water partition coefficient (Wildman–Crippen LogP) is 3.81. The number of hydrogen-bond acceptors (Lipinski definition) is 6. The van der Waals surface area contributed by atoms with Crippen LogP contribution in [0.15, 0.2) is 54.6 Å². The molecule has 2 aromatic heterocycles. The van der Waals surface area contributed by atoms with Gasteiger partial charge in [-0.1, -0.05) is 48.5 Å². The molecule has 5 rings (SSSR count). The fraction of sp³-hybridized carbons (Fsp3) is 0.217. The molecule has 3 heterocycles. The van der Waals surface area contributed by atoms with Crippen LogP contribution < -0.4 is 9.64 Å². The Morgan fingerprint density at radius 3 is 2.63 bits per heavy atom. The van der Waals surface area contributed by atoms with Gasteiger partial charge in [0.15, 0.2) is 0 Å². The van der Waals surface area contributed by atoms with Crippen molar-refractivity contribution in [2.45, 2.75) is 20.0 Å². The van der Waals surface area contributed by atoms with E-state index < -0.39 is 0 Å². The first-order chi connectivity index (χ1) is 14.7. The molecule has 30 heavy (non-hydrogen) atoms. The molecule has 0 atom stereocenters. The number of aromatic nitrogens is 5. The van der Waals surface area contributed by atoms with Crippen LogP contribution in [0.5, 0.6) is 5.75 Å². The van der Waals surface area contributed by atoms with Crippen LogP contribution in [0.1, 0.15) is 16.8 Å². The molecule has 4 aromatic rings. The lowest BCUT2D eigenvalue weighted by Crippen LogP contribution is -2.13. The molecule has 0 spiro atoms. The summed E-state index contributed by atoms with van der Waals surface area (Å²) in [5, 5.41) is 14.4. The van der Waals surface area contributed by atoms with Crippen LogP contribution in [-0.4, -0.2) is 39.2 Å². The van der Waals surface area contributed by atoms with Crippen molar-refractivity contribution in [1.29, 1.82) is 0 Å². The highest BCUT2D eigenvalue weighted by Crippen LogP contribution is 2.34. The number of likely N-dealkylation sites (N-methyl/N-ethyl adjacent to an activating group) is 1. The van der Waals surface area contributed by atoms with Crippen molar-refractivity contribution in [3.8, 4) is 28.3 Å². The van der Waals surface area contributed by atoms with Crippen molar-refractivity contribution in [2.75, 3.05) is 18.5 Å². The summed E-state index contributed by atoms with van der Waals surface area (Å²) in [5.74, 6) is 2.57. The van der Waals surface area contributed by atoms with E-state index in [4.69, 9.17) is 4.74 Å². The minimum absolute atomic E-state index is 0.520. The highest BCUT2D eigenvalue weighted by Gasteiger charge is 2.22. The maximum atomic E-state index is 6.19. The average molecular weight is 398 g/mol. The van der Waals surface area contributed by atoms with E-state index in [1.54, 1.807) is 0 Å². The molecule has 0 amide bonds. The molecule has 150 valence electrons. The maximum absolute atomic E-state index is 6.19. The van der Waals surface area contributed by atoms with Crippen LogP contribution in [0.4, 0.5) is 5.82 Å². The van der Waals surface area contributed by atoms with E-state index >= 15 is 0 Å². The molecule has 0 saturated heterocycles. The number of aryl methyl sites for hydroxylation is 1. The minimum atomic E-state index is 0.520. The van der Waals surface area contributed by atoms with Gasteiger partial charge in [0.05, 0.1) is 0 Å². The van der Waals surface area contributed by atoms with Gasteiger partial charge >= 0.3 is 0 Å². The summed E-state index contributed by atoms with van der Waals surface area (Å²) in [7, 11) is 2.08. The van der Waals surface area contributed by atoms with E-state index in [0.29, 0.717) is 12.4 Å². The summed E-state index contributed by atoms with van der Waals surface area (Å²) in [5.41, 5.74) is 6.41. The highest BCUT2D eigenvalue weighted by atomic mass is 16.5. The zero-order valence-corrected chi connectivity index (χ0v) is 17.0. The first kappa shape index (κ1) is 18.3. The van der Waals surface area contributed by atoms with Gasteiger partial charge in [-0.05, 0) is 35.2 Å². The van der Waals surface area contributed by atoms with Gasteiger partial charge in [0.1, 0.15) is 18.2 Å². The molecule has 0 radical (unpaired) electrons. The number of H-pyrrole nitrogens is 1. The summed E-state index contributed by atoms with van der Waals surface area (Å²) < 4.78 is 6.19. The fourth-order valence-corrected chi connectivity index (χ4v) is 3.87. The Labute approximate surface area is 174 Å². The first-order valence-corrected chi connectivity index (χ1v) is 9.95. The lowest BCUT2D eigenvalue weighted by atomic mass is 9.98. The quantitative estimate of drug-likeness (QED) is 0.551. The fourth-order valence-electron chi connectivity index (χ4n) is 3.87. The van der Waals surface area contributed by atoms with E-state index in [1.807, 2.05) is 31.2 Å². The van der Waals surface area contributed by atoms with Gasteiger partial charge in [-0.15, -0.1) is 10.2 Å². The number of aromatic amines is 1. The van der Waals surface area contributed by atoms with Gasteiger partial charge < -0.3 is 9.64 Å². The number of tetrazole rings is 1. The zero-order valence-electron chi connectivity index (χ0n) is 17.0.